The molecule has 5 nitrogen and oxygen atoms in total. The van der Waals surface area contributed by atoms with E-state index in [9.17, 15) is 9.90 Å². The van der Waals surface area contributed by atoms with Crippen LogP contribution in [0, 0.1) is 0 Å². The van der Waals surface area contributed by atoms with Crippen LogP contribution in [0.1, 0.15) is 22.0 Å². The van der Waals surface area contributed by atoms with Crippen molar-refractivity contribution in [2.45, 2.75) is 6.04 Å². The summed E-state index contributed by atoms with van der Waals surface area (Å²) < 4.78 is 0. The number of carbonyl (C=O) groups is 1. The maximum Gasteiger partial charge on any atom is 0.150 e. The Morgan fingerprint density at radius 2 is 1.85 bits per heavy atom. The Labute approximate surface area is 160 Å². The lowest BCUT2D eigenvalue weighted by atomic mass is 10.1. The first-order valence-corrected chi connectivity index (χ1v) is 9.32. The molecule has 0 spiro atoms. The van der Waals surface area contributed by atoms with Gasteiger partial charge in [0, 0.05) is 10.4 Å². The van der Waals surface area contributed by atoms with Crippen molar-refractivity contribution in [1.82, 2.24) is 9.97 Å². The van der Waals surface area contributed by atoms with Crippen LogP contribution in [-0.2, 0) is 0 Å². The summed E-state index contributed by atoms with van der Waals surface area (Å²) >= 11 is 1.57. The smallest absolute Gasteiger partial charge is 0.150 e. The monoisotopic (exact) mass is 375 g/mol. The Bertz CT molecular complexity index is 1060. The Hall–Kier alpha value is -3.09. The molecule has 0 unspecified atom stereocenters. The van der Waals surface area contributed by atoms with E-state index in [-0.39, 0.29) is 12.6 Å². The van der Waals surface area contributed by atoms with E-state index in [1.54, 1.807) is 23.5 Å². The molecule has 0 bridgehead atoms. The second-order valence-electron chi connectivity index (χ2n) is 6.08. The van der Waals surface area contributed by atoms with Crippen molar-refractivity contribution in [1.29, 1.82) is 0 Å². The molecule has 2 heterocycles. The third-order valence-electron chi connectivity index (χ3n) is 4.36. The summed E-state index contributed by atoms with van der Waals surface area (Å²) in [5.74, 6) is 0.690. The number of anilines is 1. The number of hydrogen-bond acceptors (Lipinski definition) is 6. The second kappa shape index (κ2) is 7.65. The van der Waals surface area contributed by atoms with Crippen molar-refractivity contribution >= 4 is 33.7 Å². The standard InChI is InChI=1S/C21H17N3O2S/c25-11-14-6-8-16(9-7-14)19-10-17-20(22-13-23-21(17)27-19)24-18(12-26)15-4-2-1-3-5-15/h1-11,13,18,26H,12H2,(H,22,23,24)/t18-/m1/s1. The molecule has 6 heteroatoms. The number of nitrogens with one attached hydrogen (secondary N) is 1. The molecule has 0 fully saturated rings. The van der Waals surface area contributed by atoms with E-state index in [1.165, 1.54) is 6.33 Å². The Morgan fingerprint density at radius 3 is 2.56 bits per heavy atom. The van der Waals surface area contributed by atoms with Crippen LogP contribution in [-0.4, -0.2) is 28.0 Å². The van der Waals surface area contributed by atoms with Crippen LogP contribution in [0.2, 0.25) is 0 Å². The topological polar surface area (TPSA) is 75.1 Å². The van der Waals surface area contributed by atoms with Crippen LogP contribution in [0.5, 0.6) is 0 Å². The van der Waals surface area contributed by atoms with Gasteiger partial charge in [0.2, 0.25) is 0 Å². The summed E-state index contributed by atoms with van der Waals surface area (Å²) in [5.41, 5.74) is 2.67. The van der Waals surface area contributed by atoms with E-state index >= 15 is 0 Å². The summed E-state index contributed by atoms with van der Waals surface area (Å²) in [5, 5.41) is 14.1. The number of rotatable bonds is 6. The van der Waals surface area contributed by atoms with E-state index in [0.717, 1.165) is 32.5 Å². The minimum absolute atomic E-state index is 0.0420. The van der Waals surface area contributed by atoms with Crippen molar-refractivity contribution in [3.8, 4) is 10.4 Å². The van der Waals surface area contributed by atoms with Gasteiger partial charge in [-0.25, -0.2) is 9.97 Å². The average Bonchev–Trinajstić information content (AvgIpc) is 3.18. The molecule has 0 aliphatic heterocycles. The molecule has 0 radical (unpaired) electrons. The molecular weight excluding hydrogens is 358 g/mol. The summed E-state index contributed by atoms with van der Waals surface area (Å²) in [6, 6.07) is 19.0. The number of fused-ring (bicyclic) bond motifs is 1. The van der Waals surface area contributed by atoms with Crippen molar-refractivity contribution < 1.29 is 9.90 Å². The summed E-state index contributed by atoms with van der Waals surface area (Å²) in [6.45, 7) is -0.0420. The van der Waals surface area contributed by atoms with E-state index in [2.05, 4.69) is 15.3 Å². The van der Waals surface area contributed by atoms with Gasteiger partial charge in [0.05, 0.1) is 18.0 Å². The summed E-state index contributed by atoms with van der Waals surface area (Å²) in [4.78, 5) is 21.5. The van der Waals surface area contributed by atoms with E-state index < -0.39 is 0 Å². The lowest BCUT2D eigenvalue weighted by molar-refractivity contribution is 0.112. The molecule has 2 aromatic carbocycles. The third-order valence-corrected chi connectivity index (χ3v) is 5.45. The number of nitrogens with zero attached hydrogens (tertiary/aromatic N) is 2. The fraction of sp³-hybridized carbons (Fsp3) is 0.0952. The predicted octanol–water partition coefficient (Wildman–Crippen LogP) is 4.32. The SMILES string of the molecule is O=Cc1ccc(-c2cc3c(N[C@H](CO)c4ccccc4)ncnc3s2)cc1. The third kappa shape index (κ3) is 3.58. The number of aliphatic hydroxyl groups is 1. The zero-order valence-corrected chi connectivity index (χ0v) is 15.2. The number of thiophene rings is 1. The lowest BCUT2D eigenvalue weighted by Gasteiger charge is -2.17. The first kappa shape index (κ1) is 17.3. The molecule has 4 rings (SSSR count). The summed E-state index contributed by atoms with van der Waals surface area (Å²) in [6.07, 6.45) is 2.36. The van der Waals surface area contributed by atoms with Gasteiger partial charge >= 0.3 is 0 Å². The van der Waals surface area contributed by atoms with Gasteiger partial charge < -0.3 is 10.4 Å². The highest BCUT2D eigenvalue weighted by Crippen LogP contribution is 2.35. The predicted molar refractivity (Wildman–Crippen MR) is 108 cm³/mol. The molecule has 0 aliphatic carbocycles. The van der Waals surface area contributed by atoms with Crippen LogP contribution in [0.15, 0.2) is 67.0 Å². The number of aromatic nitrogens is 2. The van der Waals surface area contributed by atoms with E-state index in [1.807, 2.05) is 48.5 Å². The van der Waals surface area contributed by atoms with Crippen LogP contribution in [0.3, 0.4) is 0 Å². The van der Waals surface area contributed by atoms with Gasteiger partial charge in [0.1, 0.15) is 23.3 Å². The van der Waals surface area contributed by atoms with Gasteiger partial charge in [-0.2, -0.15) is 0 Å². The zero-order chi connectivity index (χ0) is 18.6. The molecule has 2 aromatic heterocycles. The highest BCUT2D eigenvalue weighted by atomic mass is 32.1. The summed E-state index contributed by atoms with van der Waals surface area (Å²) in [7, 11) is 0. The minimum atomic E-state index is -0.250. The van der Waals surface area contributed by atoms with Gasteiger partial charge in [-0.3, -0.25) is 4.79 Å². The Balaban J connectivity index is 1.69. The van der Waals surface area contributed by atoms with Crippen molar-refractivity contribution in [3.05, 3.63) is 78.1 Å². The van der Waals surface area contributed by atoms with Gasteiger partial charge in [-0.15, -0.1) is 11.3 Å². The fourth-order valence-electron chi connectivity index (χ4n) is 2.92. The maximum absolute atomic E-state index is 10.8. The molecule has 1 atom stereocenters. The highest BCUT2D eigenvalue weighted by Gasteiger charge is 2.15. The second-order valence-corrected chi connectivity index (χ2v) is 7.11. The van der Waals surface area contributed by atoms with Crippen molar-refractivity contribution in [2.24, 2.45) is 0 Å². The zero-order valence-electron chi connectivity index (χ0n) is 14.4. The molecular formula is C21H17N3O2S. The van der Waals surface area contributed by atoms with E-state index in [4.69, 9.17) is 0 Å². The van der Waals surface area contributed by atoms with Crippen molar-refractivity contribution in [2.75, 3.05) is 11.9 Å². The molecule has 2 N–H and O–H groups in total. The maximum atomic E-state index is 10.8. The molecule has 0 saturated carbocycles. The van der Waals surface area contributed by atoms with Crippen LogP contribution < -0.4 is 5.32 Å². The minimum Gasteiger partial charge on any atom is -0.394 e. The van der Waals surface area contributed by atoms with Crippen molar-refractivity contribution in [3.63, 3.8) is 0 Å². The van der Waals surface area contributed by atoms with Gasteiger partial charge in [-0.05, 0) is 17.2 Å². The average molecular weight is 375 g/mol. The number of hydrogen-bond donors (Lipinski definition) is 2. The van der Waals surface area contributed by atoms with Gasteiger partial charge in [0.25, 0.3) is 0 Å². The number of aldehydes is 1. The normalized spacial score (nSPS) is 12.0. The Morgan fingerprint density at radius 1 is 1.07 bits per heavy atom. The molecule has 27 heavy (non-hydrogen) atoms. The number of benzene rings is 2. The molecule has 134 valence electrons. The first-order valence-electron chi connectivity index (χ1n) is 8.51. The van der Waals surface area contributed by atoms with Crippen LogP contribution >= 0.6 is 11.3 Å². The number of carbonyl (C=O) groups excluding carboxylic acids is 1. The first-order chi connectivity index (χ1) is 13.3. The Kier molecular flexibility index (Phi) is 4.91. The fourth-order valence-corrected chi connectivity index (χ4v) is 3.93. The molecule has 0 amide bonds. The van der Waals surface area contributed by atoms with Gasteiger partial charge in [-0.1, -0.05) is 54.6 Å². The molecule has 0 aliphatic rings. The van der Waals surface area contributed by atoms with Crippen LogP contribution in [0.25, 0.3) is 20.7 Å². The lowest BCUT2D eigenvalue weighted by Crippen LogP contribution is -2.15. The quantitative estimate of drug-likeness (QED) is 0.491. The van der Waals surface area contributed by atoms with Gasteiger partial charge in [0.15, 0.2) is 0 Å². The number of aliphatic hydroxyl groups excluding tert-OH is 1. The largest absolute Gasteiger partial charge is 0.394 e. The molecule has 0 saturated heterocycles. The van der Waals surface area contributed by atoms with Crippen LogP contribution in [0.4, 0.5) is 5.82 Å². The highest BCUT2D eigenvalue weighted by molar-refractivity contribution is 7.21. The van der Waals surface area contributed by atoms with E-state index in [0.29, 0.717) is 11.4 Å². The molecule has 4 aromatic rings.